The first-order valence-electron chi connectivity index (χ1n) is 8.81. The number of amides is 1. The number of thioether (sulfide) groups is 1. The minimum Gasteiger partial charge on any atom is -0.504 e. The number of phenols is 1. The number of carbonyl (C=O) groups is 1. The molecule has 2 aromatic carbocycles. The number of aromatic hydroxyl groups is 1. The first kappa shape index (κ1) is 19.8. The van der Waals surface area contributed by atoms with E-state index in [2.05, 4.69) is 17.2 Å². The highest BCUT2D eigenvalue weighted by atomic mass is 32.2. The molecule has 1 fully saturated rings. The van der Waals surface area contributed by atoms with E-state index in [1.54, 1.807) is 42.5 Å². The van der Waals surface area contributed by atoms with Crippen LogP contribution in [0.4, 0.5) is 10.1 Å². The van der Waals surface area contributed by atoms with Crippen LogP contribution in [0.3, 0.4) is 0 Å². The minimum atomic E-state index is -0.480. The Kier molecular flexibility index (Phi) is 6.26. The third kappa shape index (κ3) is 4.48. The summed E-state index contributed by atoms with van der Waals surface area (Å²) in [7, 11) is 0. The Hall–Kier alpha value is -2.93. The average molecular weight is 400 g/mol. The molecule has 146 valence electrons. The fourth-order valence-electron chi connectivity index (χ4n) is 2.79. The maximum atomic E-state index is 13.8. The van der Waals surface area contributed by atoms with Crippen LogP contribution in [0.5, 0.6) is 11.5 Å². The molecule has 1 atom stereocenters. The summed E-state index contributed by atoms with van der Waals surface area (Å²) >= 11 is 1.26. The van der Waals surface area contributed by atoms with Gasteiger partial charge in [0.15, 0.2) is 17.0 Å². The van der Waals surface area contributed by atoms with Gasteiger partial charge in [-0.1, -0.05) is 30.0 Å². The van der Waals surface area contributed by atoms with E-state index in [1.807, 2.05) is 6.92 Å². The van der Waals surface area contributed by atoms with Gasteiger partial charge in [0.05, 0.1) is 17.2 Å². The summed E-state index contributed by atoms with van der Waals surface area (Å²) < 4.78 is 19.3. The second kappa shape index (κ2) is 8.84. The molecule has 1 heterocycles. The molecule has 1 unspecified atom stereocenters. The molecule has 3 rings (SSSR count). The van der Waals surface area contributed by atoms with Gasteiger partial charge >= 0.3 is 0 Å². The number of carbonyl (C=O) groups excluding carboxylic acids is 1. The van der Waals surface area contributed by atoms with Gasteiger partial charge < -0.3 is 20.5 Å². The van der Waals surface area contributed by atoms with Crippen molar-refractivity contribution < 1.29 is 19.0 Å². The monoisotopic (exact) mass is 400 g/mol. The summed E-state index contributed by atoms with van der Waals surface area (Å²) in [5.41, 5.74) is 1.23. The van der Waals surface area contributed by atoms with E-state index in [4.69, 9.17) is 4.74 Å². The number of rotatable bonds is 7. The molecular formula is C21H21FN2O3S. The molecular weight excluding hydrogens is 379 g/mol. The Labute approximate surface area is 167 Å². The summed E-state index contributed by atoms with van der Waals surface area (Å²) in [6.45, 7) is 5.94. The van der Waals surface area contributed by atoms with E-state index in [9.17, 15) is 14.3 Å². The lowest BCUT2D eigenvalue weighted by molar-refractivity contribution is -0.116. The molecule has 0 saturated carbocycles. The molecule has 1 aliphatic rings. The van der Waals surface area contributed by atoms with Crippen molar-refractivity contribution in [1.29, 1.82) is 0 Å². The number of anilines is 1. The van der Waals surface area contributed by atoms with E-state index < -0.39 is 5.50 Å². The molecule has 7 heteroatoms. The third-order valence-electron chi connectivity index (χ3n) is 4.03. The lowest BCUT2D eigenvalue weighted by atomic mass is 10.1. The Morgan fingerprint density at radius 2 is 2.18 bits per heavy atom. The SMILES string of the molecule is C=CCc1cc(/C=C2\SC(Nc3ccccc3F)NC2=O)cc(OCC)c1O. The van der Waals surface area contributed by atoms with Crippen LogP contribution in [-0.4, -0.2) is 23.1 Å². The lowest BCUT2D eigenvalue weighted by Crippen LogP contribution is -2.31. The van der Waals surface area contributed by atoms with Gasteiger partial charge in [-0.15, -0.1) is 6.58 Å². The van der Waals surface area contributed by atoms with Crippen LogP contribution in [0.2, 0.25) is 0 Å². The topological polar surface area (TPSA) is 70.6 Å². The van der Waals surface area contributed by atoms with Crippen molar-refractivity contribution in [2.75, 3.05) is 11.9 Å². The number of hydrogen-bond donors (Lipinski definition) is 3. The molecule has 0 spiro atoms. The third-order valence-corrected chi connectivity index (χ3v) is 5.06. The second-order valence-corrected chi connectivity index (χ2v) is 7.20. The van der Waals surface area contributed by atoms with Crippen molar-refractivity contribution >= 4 is 29.4 Å². The molecule has 1 amide bonds. The van der Waals surface area contributed by atoms with Crippen LogP contribution in [0.1, 0.15) is 18.1 Å². The first-order chi connectivity index (χ1) is 13.5. The largest absolute Gasteiger partial charge is 0.504 e. The molecule has 3 N–H and O–H groups in total. The molecule has 2 aromatic rings. The molecule has 1 aliphatic heterocycles. The summed E-state index contributed by atoms with van der Waals surface area (Å²) in [6, 6.07) is 9.76. The number of allylic oxidation sites excluding steroid dienone is 1. The molecule has 0 aliphatic carbocycles. The van der Waals surface area contributed by atoms with Crippen LogP contribution in [0.25, 0.3) is 6.08 Å². The van der Waals surface area contributed by atoms with E-state index in [-0.39, 0.29) is 17.5 Å². The number of benzene rings is 2. The molecule has 28 heavy (non-hydrogen) atoms. The van der Waals surface area contributed by atoms with Crippen molar-refractivity contribution in [3.8, 4) is 11.5 Å². The first-order valence-corrected chi connectivity index (χ1v) is 9.69. The van der Waals surface area contributed by atoms with Crippen LogP contribution >= 0.6 is 11.8 Å². The van der Waals surface area contributed by atoms with Gasteiger partial charge in [-0.3, -0.25) is 4.79 Å². The standard InChI is InChI=1S/C21H21FN2O3S/c1-3-7-14-10-13(11-17(19(14)25)27-4-2)12-18-20(26)24-21(28-18)23-16-9-6-5-8-15(16)22/h3,5-6,8-12,21,23,25H,1,4,7H2,2H3,(H,24,26)/b18-12-. The highest BCUT2D eigenvalue weighted by Gasteiger charge is 2.27. The number of phenolic OH excluding ortho intramolecular Hbond substituents is 1. The molecule has 1 saturated heterocycles. The van der Waals surface area contributed by atoms with Crippen LogP contribution in [-0.2, 0) is 11.2 Å². The second-order valence-electron chi connectivity index (χ2n) is 6.06. The van der Waals surface area contributed by atoms with Crippen LogP contribution in [0.15, 0.2) is 54.0 Å². The van der Waals surface area contributed by atoms with Gasteiger partial charge in [-0.2, -0.15) is 0 Å². The van der Waals surface area contributed by atoms with Gasteiger partial charge in [0, 0.05) is 5.56 Å². The zero-order chi connectivity index (χ0) is 20.1. The zero-order valence-corrected chi connectivity index (χ0v) is 16.2. The quantitative estimate of drug-likeness (QED) is 0.479. The van der Waals surface area contributed by atoms with Gasteiger partial charge in [0.2, 0.25) is 0 Å². The molecule has 5 nitrogen and oxygen atoms in total. The van der Waals surface area contributed by atoms with Crippen molar-refractivity contribution in [3.63, 3.8) is 0 Å². The number of para-hydroxylation sites is 1. The van der Waals surface area contributed by atoms with Gasteiger partial charge in [-0.05, 0) is 49.2 Å². The van der Waals surface area contributed by atoms with Gasteiger partial charge in [0.25, 0.3) is 5.91 Å². The van der Waals surface area contributed by atoms with Crippen molar-refractivity contribution in [3.05, 3.63) is 70.9 Å². The molecule has 0 aromatic heterocycles. The molecule has 0 bridgehead atoms. The highest BCUT2D eigenvalue weighted by Crippen LogP contribution is 2.35. The number of ether oxygens (including phenoxy) is 1. The fraction of sp³-hybridized carbons (Fsp3) is 0.190. The Balaban J connectivity index is 1.83. The van der Waals surface area contributed by atoms with Gasteiger partial charge in [0.1, 0.15) is 5.82 Å². The van der Waals surface area contributed by atoms with E-state index in [1.165, 1.54) is 17.8 Å². The Bertz CT molecular complexity index is 930. The zero-order valence-electron chi connectivity index (χ0n) is 15.4. The van der Waals surface area contributed by atoms with E-state index in [0.29, 0.717) is 34.9 Å². The van der Waals surface area contributed by atoms with E-state index in [0.717, 1.165) is 5.56 Å². The van der Waals surface area contributed by atoms with Crippen LogP contribution < -0.4 is 15.4 Å². The van der Waals surface area contributed by atoms with Gasteiger partial charge in [-0.25, -0.2) is 4.39 Å². The van der Waals surface area contributed by atoms with Crippen molar-refractivity contribution in [2.24, 2.45) is 0 Å². The summed E-state index contributed by atoms with van der Waals surface area (Å²) in [4.78, 5) is 12.8. The number of nitrogens with one attached hydrogen (secondary N) is 2. The number of hydrogen-bond acceptors (Lipinski definition) is 5. The van der Waals surface area contributed by atoms with Crippen molar-refractivity contribution in [1.82, 2.24) is 5.32 Å². The average Bonchev–Trinajstić information content (AvgIpc) is 3.00. The predicted molar refractivity (Wildman–Crippen MR) is 111 cm³/mol. The smallest absolute Gasteiger partial charge is 0.260 e. The highest BCUT2D eigenvalue weighted by molar-refractivity contribution is 8.05. The maximum Gasteiger partial charge on any atom is 0.260 e. The summed E-state index contributed by atoms with van der Waals surface area (Å²) in [6.07, 6.45) is 3.88. The van der Waals surface area contributed by atoms with E-state index >= 15 is 0 Å². The Morgan fingerprint density at radius 1 is 1.39 bits per heavy atom. The maximum absolute atomic E-state index is 13.8. The molecule has 0 radical (unpaired) electrons. The Morgan fingerprint density at radius 3 is 2.89 bits per heavy atom. The lowest BCUT2D eigenvalue weighted by Gasteiger charge is -2.13. The summed E-state index contributed by atoms with van der Waals surface area (Å²) in [5.74, 6) is -0.205. The normalized spacial score (nSPS) is 17.4. The van der Waals surface area contributed by atoms with Crippen LogP contribution in [0, 0.1) is 5.82 Å². The van der Waals surface area contributed by atoms with Crippen molar-refractivity contribution in [2.45, 2.75) is 18.8 Å². The number of halogens is 1. The minimum absolute atomic E-state index is 0.0755. The summed E-state index contributed by atoms with van der Waals surface area (Å²) in [5, 5.41) is 16.0. The predicted octanol–water partition coefficient (Wildman–Crippen LogP) is 4.26. The fourth-order valence-corrected chi connectivity index (χ4v) is 3.76.